The first-order valence-corrected chi connectivity index (χ1v) is 8.44. The molecule has 0 bridgehead atoms. The van der Waals surface area contributed by atoms with Crippen LogP contribution in [0.1, 0.15) is 10.4 Å². The Morgan fingerprint density at radius 2 is 1.75 bits per heavy atom. The molecule has 0 spiro atoms. The Morgan fingerprint density at radius 1 is 1.07 bits per heavy atom. The summed E-state index contributed by atoms with van der Waals surface area (Å²) in [7, 11) is 1.56. The van der Waals surface area contributed by atoms with Gasteiger partial charge in [-0.15, -0.1) is 0 Å². The molecule has 144 valence electrons. The lowest BCUT2D eigenvalue weighted by Gasteiger charge is -2.09. The SMILES string of the molecule is COc1ccc(-c2ccc(=O)n(CCNC(=O)c3c(F)cccc3F)n2)cc1. The lowest BCUT2D eigenvalue weighted by Crippen LogP contribution is -2.32. The highest BCUT2D eigenvalue weighted by molar-refractivity contribution is 5.94. The molecule has 0 aliphatic carbocycles. The van der Waals surface area contributed by atoms with Gasteiger partial charge in [0.1, 0.15) is 22.9 Å². The number of aromatic nitrogens is 2. The van der Waals surface area contributed by atoms with E-state index in [1.807, 2.05) is 0 Å². The number of hydrogen-bond acceptors (Lipinski definition) is 4. The molecule has 1 N–H and O–H groups in total. The molecule has 0 fully saturated rings. The number of carbonyl (C=O) groups excluding carboxylic acids is 1. The van der Waals surface area contributed by atoms with E-state index in [0.29, 0.717) is 11.4 Å². The Kier molecular flexibility index (Phi) is 5.78. The smallest absolute Gasteiger partial charge is 0.266 e. The maximum Gasteiger partial charge on any atom is 0.266 e. The lowest BCUT2D eigenvalue weighted by molar-refractivity contribution is 0.0943. The van der Waals surface area contributed by atoms with Crippen LogP contribution in [0.2, 0.25) is 0 Å². The van der Waals surface area contributed by atoms with Crippen LogP contribution in [-0.4, -0.2) is 29.3 Å². The van der Waals surface area contributed by atoms with Crippen LogP contribution in [0.3, 0.4) is 0 Å². The molecule has 0 unspecified atom stereocenters. The molecular formula is C20H17F2N3O3. The average molecular weight is 385 g/mol. The van der Waals surface area contributed by atoms with Crippen molar-refractivity contribution in [1.82, 2.24) is 15.1 Å². The highest BCUT2D eigenvalue weighted by Gasteiger charge is 2.16. The molecule has 1 aromatic heterocycles. The van der Waals surface area contributed by atoms with Gasteiger partial charge in [-0.3, -0.25) is 9.59 Å². The molecule has 1 heterocycles. The van der Waals surface area contributed by atoms with Gasteiger partial charge in [-0.2, -0.15) is 5.10 Å². The fourth-order valence-electron chi connectivity index (χ4n) is 2.60. The summed E-state index contributed by atoms with van der Waals surface area (Å²) in [5, 5.41) is 6.66. The van der Waals surface area contributed by atoms with Gasteiger partial charge in [-0.1, -0.05) is 6.07 Å². The third-order valence-corrected chi connectivity index (χ3v) is 4.05. The molecule has 3 rings (SSSR count). The summed E-state index contributed by atoms with van der Waals surface area (Å²) in [5.74, 6) is -2.10. The number of nitrogens with zero attached hydrogens (tertiary/aromatic N) is 2. The molecule has 0 aliphatic rings. The molecule has 6 nitrogen and oxygen atoms in total. The van der Waals surface area contributed by atoms with Crippen molar-refractivity contribution in [3.05, 3.63) is 82.1 Å². The third-order valence-electron chi connectivity index (χ3n) is 4.05. The molecule has 28 heavy (non-hydrogen) atoms. The normalized spacial score (nSPS) is 10.5. The van der Waals surface area contributed by atoms with Gasteiger partial charge < -0.3 is 10.1 Å². The number of rotatable bonds is 6. The number of amides is 1. The molecule has 0 saturated carbocycles. The highest BCUT2D eigenvalue weighted by Crippen LogP contribution is 2.19. The number of methoxy groups -OCH3 is 1. The summed E-state index contributed by atoms with van der Waals surface area (Å²) in [6, 6.07) is 13.3. The minimum absolute atomic E-state index is 0.0222. The second-order valence-corrected chi connectivity index (χ2v) is 5.86. The molecule has 0 aliphatic heterocycles. The molecule has 8 heteroatoms. The molecule has 0 atom stereocenters. The summed E-state index contributed by atoms with van der Waals surface area (Å²) in [5.41, 5.74) is 0.333. The first-order chi connectivity index (χ1) is 13.5. The van der Waals surface area contributed by atoms with E-state index in [1.165, 1.54) is 16.8 Å². The number of carbonyl (C=O) groups is 1. The van der Waals surface area contributed by atoms with E-state index in [1.54, 1.807) is 37.4 Å². The highest BCUT2D eigenvalue weighted by atomic mass is 19.1. The number of benzene rings is 2. The molecule has 0 saturated heterocycles. The molecule has 2 aromatic carbocycles. The zero-order valence-corrected chi connectivity index (χ0v) is 15.0. The fourth-order valence-corrected chi connectivity index (χ4v) is 2.60. The van der Waals surface area contributed by atoms with Crippen molar-refractivity contribution in [2.45, 2.75) is 6.54 Å². The quantitative estimate of drug-likeness (QED) is 0.708. The van der Waals surface area contributed by atoms with Crippen molar-refractivity contribution in [2.24, 2.45) is 0 Å². The maximum absolute atomic E-state index is 13.6. The zero-order chi connectivity index (χ0) is 20.1. The van der Waals surface area contributed by atoms with Gasteiger partial charge in [0.2, 0.25) is 0 Å². The van der Waals surface area contributed by atoms with Crippen LogP contribution in [0.25, 0.3) is 11.3 Å². The minimum Gasteiger partial charge on any atom is -0.497 e. The molecule has 3 aromatic rings. The topological polar surface area (TPSA) is 73.2 Å². The van der Waals surface area contributed by atoms with E-state index in [2.05, 4.69) is 10.4 Å². The van der Waals surface area contributed by atoms with E-state index < -0.39 is 23.1 Å². The van der Waals surface area contributed by atoms with Crippen molar-refractivity contribution in [2.75, 3.05) is 13.7 Å². The van der Waals surface area contributed by atoms with Crippen LogP contribution in [0.4, 0.5) is 8.78 Å². The van der Waals surface area contributed by atoms with E-state index in [9.17, 15) is 18.4 Å². The number of halogens is 2. The lowest BCUT2D eigenvalue weighted by atomic mass is 10.1. The maximum atomic E-state index is 13.6. The predicted molar refractivity (Wildman–Crippen MR) is 99.2 cm³/mol. The number of hydrogen-bond donors (Lipinski definition) is 1. The largest absolute Gasteiger partial charge is 0.497 e. The molecule has 1 amide bonds. The van der Waals surface area contributed by atoms with Crippen molar-refractivity contribution in [3.8, 4) is 17.0 Å². The van der Waals surface area contributed by atoms with E-state index in [4.69, 9.17) is 4.74 Å². The Labute approximate surface area is 159 Å². The Hall–Kier alpha value is -3.55. The van der Waals surface area contributed by atoms with Crippen LogP contribution >= 0.6 is 0 Å². The van der Waals surface area contributed by atoms with Gasteiger partial charge in [-0.25, -0.2) is 13.5 Å². The molecular weight excluding hydrogens is 368 g/mol. The van der Waals surface area contributed by atoms with Gasteiger partial charge in [0.25, 0.3) is 11.5 Å². The van der Waals surface area contributed by atoms with Crippen molar-refractivity contribution < 1.29 is 18.3 Å². The van der Waals surface area contributed by atoms with Crippen LogP contribution in [0, 0.1) is 11.6 Å². The Morgan fingerprint density at radius 3 is 2.39 bits per heavy atom. The Bertz CT molecular complexity index is 1030. The first kappa shape index (κ1) is 19.2. The van der Waals surface area contributed by atoms with E-state index in [-0.39, 0.29) is 18.6 Å². The summed E-state index contributed by atoms with van der Waals surface area (Å²) >= 11 is 0. The molecule has 0 radical (unpaired) electrons. The Balaban J connectivity index is 1.70. The van der Waals surface area contributed by atoms with Crippen LogP contribution in [0.5, 0.6) is 5.75 Å². The van der Waals surface area contributed by atoms with E-state index in [0.717, 1.165) is 17.7 Å². The zero-order valence-electron chi connectivity index (χ0n) is 15.0. The van der Waals surface area contributed by atoms with Gasteiger partial charge in [-0.05, 0) is 42.5 Å². The summed E-state index contributed by atoms with van der Waals surface area (Å²) in [6.07, 6.45) is 0. The second kappa shape index (κ2) is 8.43. The monoisotopic (exact) mass is 385 g/mol. The van der Waals surface area contributed by atoms with Gasteiger partial charge in [0, 0.05) is 18.2 Å². The van der Waals surface area contributed by atoms with Gasteiger partial charge in [0.15, 0.2) is 0 Å². The number of nitrogens with one attached hydrogen (secondary N) is 1. The third kappa shape index (κ3) is 4.22. The van der Waals surface area contributed by atoms with Gasteiger partial charge in [0.05, 0.1) is 19.3 Å². The summed E-state index contributed by atoms with van der Waals surface area (Å²) in [6.45, 7) is 0.0240. The standard InChI is InChI=1S/C20H17F2N3O3/c1-28-14-7-5-13(6-8-14)17-9-10-18(26)25(24-17)12-11-23-20(27)19-15(21)3-2-4-16(19)22/h2-10H,11-12H2,1H3,(H,23,27). The predicted octanol–water partition coefficient (Wildman–Crippen LogP) is 2.63. The van der Waals surface area contributed by atoms with Crippen molar-refractivity contribution >= 4 is 5.91 Å². The number of ether oxygens (including phenoxy) is 1. The van der Waals surface area contributed by atoms with Crippen LogP contribution < -0.4 is 15.6 Å². The van der Waals surface area contributed by atoms with Crippen molar-refractivity contribution in [1.29, 1.82) is 0 Å². The fraction of sp³-hybridized carbons (Fsp3) is 0.150. The van der Waals surface area contributed by atoms with Crippen molar-refractivity contribution in [3.63, 3.8) is 0 Å². The average Bonchev–Trinajstić information content (AvgIpc) is 2.69. The van der Waals surface area contributed by atoms with E-state index >= 15 is 0 Å². The first-order valence-electron chi connectivity index (χ1n) is 8.44. The summed E-state index contributed by atoms with van der Waals surface area (Å²) < 4.78 is 33.6. The second-order valence-electron chi connectivity index (χ2n) is 5.86. The van der Waals surface area contributed by atoms with Gasteiger partial charge >= 0.3 is 0 Å². The summed E-state index contributed by atoms with van der Waals surface area (Å²) in [4.78, 5) is 24.0. The minimum atomic E-state index is -0.950. The van der Waals surface area contributed by atoms with Crippen LogP contribution in [-0.2, 0) is 6.54 Å². The van der Waals surface area contributed by atoms with Crippen LogP contribution in [0.15, 0.2) is 59.4 Å².